The van der Waals surface area contributed by atoms with Crippen molar-refractivity contribution in [2.45, 2.75) is 133 Å². The summed E-state index contributed by atoms with van der Waals surface area (Å²) in [4.78, 5) is 1.66. The van der Waals surface area contributed by atoms with Crippen LogP contribution in [0.1, 0.15) is 0 Å². The summed E-state index contributed by atoms with van der Waals surface area (Å²) in [5.74, 6) is -56.6. The van der Waals surface area contributed by atoms with Gasteiger partial charge in [0.1, 0.15) is 0 Å². The number of ether oxygens (including phenoxy) is 6. The Bertz CT molecular complexity index is 1850. The van der Waals surface area contributed by atoms with Gasteiger partial charge in [-0.2, -0.15) is 212 Å². The van der Waals surface area contributed by atoms with Gasteiger partial charge in [0.2, 0.25) is 0 Å². The van der Waals surface area contributed by atoms with E-state index in [1.165, 1.54) is 0 Å². The second-order valence-electron chi connectivity index (χ2n) is 12.5. The molecule has 0 saturated heterocycles. The van der Waals surface area contributed by atoms with E-state index in [1.807, 2.05) is 0 Å². The van der Waals surface area contributed by atoms with Crippen LogP contribution >= 0.6 is 0 Å². The molecule has 0 bridgehead atoms. The van der Waals surface area contributed by atoms with Crippen LogP contribution in [0.5, 0.6) is 0 Å². The molecule has 0 N–H and O–H groups in total. The molecule has 458 valence electrons. The third kappa shape index (κ3) is 12.4. The van der Waals surface area contributed by atoms with Crippen LogP contribution in [0, 0.1) is 0 Å². The van der Waals surface area contributed by atoms with Gasteiger partial charge in [-0.05, 0) is 0 Å². The van der Waals surface area contributed by atoms with Gasteiger partial charge in [-0.15, -0.1) is 0 Å². The molecule has 54 heteroatoms. The Morgan fingerprint density at radius 3 is 0.329 bits per heavy atom. The summed E-state index contributed by atoms with van der Waals surface area (Å²) >= 11 is 0. The van der Waals surface area contributed by atoms with Crippen LogP contribution in [-0.2, 0) is 38.2 Å². The lowest BCUT2D eigenvalue weighted by molar-refractivity contribution is -0.636. The molecule has 8 nitrogen and oxygen atoms in total. The van der Waals surface area contributed by atoms with Crippen LogP contribution in [0.3, 0.4) is 0 Å². The molecule has 6 atom stereocenters. The SMILES string of the molecule is FC(F)(F)C(F)(F)OC(F)(C(F)(F)F)C(F)(F)OC(F)(C(F)(F)F)C(F)(F)OC(F)(C(F)(F)F)C(F)(F)OOC(F)(F)C(F)(OC(F)(F)C(F)(OC(F)(F)C(F)(OC(F)(F)C(F)(F)F)C(F)(F)F)C(F)(F)F)C(F)(F)F. The van der Waals surface area contributed by atoms with Crippen LogP contribution < -0.4 is 0 Å². The Labute approximate surface area is 375 Å². The molecule has 0 rings (SSSR count). The monoisotopic (exact) mass is 1270 g/mol. The highest BCUT2D eigenvalue weighted by Gasteiger charge is 2.92. The highest BCUT2D eigenvalue weighted by atomic mass is 19.5. The Hall–Kier alpha value is -3.54. The minimum Gasteiger partial charge on any atom is -0.263 e. The van der Waals surface area contributed by atoms with Gasteiger partial charge < -0.3 is 0 Å². The number of rotatable bonds is 21. The molecule has 0 aliphatic heterocycles. The van der Waals surface area contributed by atoms with Crippen molar-refractivity contribution in [1.29, 1.82) is 0 Å². The van der Waals surface area contributed by atoms with E-state index >= 15 is 0 Å². The molecular weight excluding hydrogens is 1270 g/mol. The number of hydrogen-bond donors (Lipinski definition) is 0. The van der Waals surface area contributed by atoms with Gasteiger partial charge >= 0.3 is 133 Å². The average Bonchev–Trinajstić information content (AvgIpc) is 3.08. The molecule has 0 fully saturated rings. The predicted molar refractivity (Wildman–Crippen MR) is 120 cm³/mol. The van der Waals surface area contributed by atoms with E-state index in [-0.39, 0.29) is 0 Å². The highest BCUT2D eigenvalue weighted by molar-refractivity contribution is 5.00. The fraction of sp³-hybridized carbons (Fsp3) is 1.00. The first-order valence-electron chi connectivity index (χ1n) is 15.2. The lowest BCUT2D eigenvalue weighted by Crippen LogP contribution is -2.72. The predicted octanol–water partition coefficient (Wildman–Crippen LogP) is 14.3. The van der Waals surface area contributed by atoms with Gasteiger partial charge in [-0.25, -0.2) is 0 Å². The van der Waals surface area contributed by atoms with Crippen molar-refractivity contribution in [2.75, 3.05) is 0 Å². The van der Waals surface area contributed by atoms with Crippen LogP contribution in [-0.4, -0.2) is 133 Å². The summed E-state index contributed by atoms with van der Waals surface area (Å²) in [6.45, 7) is 0. The largest absolute Gasteiger partial charge is 0.483 e. The Balaban J connectivity index is 8.00. The molecule has 0 spiro atoms. The lowest BCUT2D eigenvalue weighted by Gasteiger charge is -2.43. The summed E-state index contributed by atoms with van der Waals surface area (Å²) in [6, 6.07) is 0. The molecule has 0 saturated carbocycles. The van der Waals surface area contributed by atoms with Gasteiger partial charge in [0.25, 0.3) is 0 Å². The van der Waals surface area contributed by atoms with Crippen LogP contribution in [0.25, 0.3) is 0 Å². The lowest BCUT2D eigenvalue weighted by atomic mass is 10.2. The molecule has 0 radical (unpaired) electrons. The van der Waals surface area contributed by atoms with E-state index in [4.69, 9.17) is 0 Å². The molecule has 0 amide bonds. The minimum atomic E-state index is -9.66. The first-order chi connectivity index (χ1) is 31.9. The molecular formula is C22F46O8. The zero-order valence-electron chi connectivity index (χ0n) is 31.7. The average molecular weight is 1270 g/mol. The van der Waals surface area contributed by atoms with E-state index in [0.29, 0.717) is 18.9 Å². The summed E-state index contributed by atoms with van der Waals surface area (Å²) < 4.78 is 623. The number of alkyl halides is 46. The Morgan fingerprint density at radius 2 is 0.224 bits per heavy atom. The van der Waals surface area contributed by atoms with Gasteiger partial charge in [-0.3, -0.25) is 28.4 Å². The molecule has 0 aliphatic rings. The maximum absolute atomic E-state index is 14.6. The minimum absolute atomic E-state index is 0.663. The van der Waals surface area contributed by atoms with Crippen molar-refractivity contribution in [1.82, 2.24) is 0 Å². The van der Waals surface area contributed by atoms with Gasteiger partial charge in [0.15, 0.2) is 0 Å². The van der Waals surface area contributed by atoms with Crippen molar-refractivity contribution in [3.05, 3.63) is 0 Å². The molecule has 0 heterocycles. The first-order valence-corrected chi connectivity index (χ1v) is 15.2. The van der Waals surface area contributed by atoms with E-state index in [9.17, 15) is 202 Å². The van der Waals surface area contributed by atoms with Crippen LogP contribution in [0.2, 0.25) is 0 Å². The smallest absolute Gasteiger partial charge is 0.263 e. The Kier molecular flexibility index (Phi) is 18.2. The van der Waals surface area contributed by atoms with Crippen molar-refractivity contribution < 1.29 is 240 Å². The van der Waals surface area contributed by atoms with Gasteiger partial charge in [-0.1, -0.05) is 0 Å². The topological polar surface area (TPSA) is 73.8 Å². The maximum Gasteiger partial charge on any atom is 0.483 e. The van der Waals surface area contributed by atoms with Gasteiger partial charge in [0.05, 0.1) is 0 Å². The third-order valence-electron chi connectivity index (χ3n) is 6.96. The van der Waals surface area contributed by atoms with Crippen molar-refractivity contribution in [2.24, 2.45) is 0 Å². The zero-order valence-corrected chi connectivity index (χ0v) is 31.7. The van der Waals surface area contributed by atoms with E-state index < -0.39 is 133 Å². The molecule has 0 aromatic heterocycles. The zero-order chi connectivity index (χ0) is 62.7. The Morgan fingerprint density at radius 1 is 0.118 bits per heavy atom. The standard InChI is InChI=1S/C22F46O8/c23-1(7(29,30)31,69-17(57,58)3(25,9(35,36)37)73-21(65,66)13(47,48)49)15(53,54)71-5(27,11(41,42)43)19(61,62)75-76-20(63,64)6(28,12(44,45)46)72-16(55,56)2(24,8(32,33)34)70-18(59,60)4(26,10(38,39)40)74-22(67,68)14(50,51)52. The van der Waals surface area contributed by atoms with Crippen molar-refractivity contribution in [3.63, 3.8) is 0 Å². The molecule has 0 aromatic carbocycles. The third-order valence-corrected chi connectivity index (χ3v) is 6.96. The summed E-state index contributed by atoms with van der Waals surface area (Å²) in [5, 5.41) is 0. The molecule has 76 heavy (non-hydrogen) atoms. The normalized spacial score (nSPS) is 20.8. The quantitative estimate of drug-likeness (QED) is 0.0639. The highest BCUT2D eigenvalue weighted by Crippen LogP contribution is 2.63. The summed E-state index contributed by atoms with van der Waals surface area (Å²) in [7, 11) is 0. The van der Waals surface area contributed by atoms with E-state index in [2.05, 4.69) is 0 Å². The molecule has 0 aliphatic carbocycles. The second kappa shape index (κ2) is 19.1. The summed E-state index contributed by atoms with van der Waals surface area (Å²) in [6.07, 6.45) is -144. The van der Waals surface area contributed by atoms with E-state index in [1.54, 1.807) is 0 Å². The molecule has 6 unspecified atom stereocenters. The van der Waals surface area contributed by atoms with Crippen molar-refractivity contribution >= 4 is 0 Å². The number of halogens is 46. The van der Waals surface area contributed by atoms with Crippen molar-refractivity contribution in [3.8, 4) is 0 Å². The number of hydrogen-bond acceptors (Lipinski definition) is 8. The maximum atomic E-state index is 14.6. The fourth-order valence-corrected chi connectivity index (χ4v) is 3.34. The first kappa shape index (κ1) is 72.5. The van der Waals surface area contributed by atoms with Crippen LogP contribution in [0.15, 0.2) is 0 Å². The molecule has 0 aromatic rings. The van der Waals surface area contributed by atoms with Gasteiger partial charge in [0, 0.05) is 0 Å². The summed E-state index contributed by atoms with van der Waals surface area (Å²) in [5.41, 5.74) is 0. The van der Waals surface area contributed by atoms with Crippen LogP contribution in [0.4, 0.5) is 202 Å². The van der Waals surface area contributed by atoms with E-state index in [0.717, 1.165) is 19.2 Å². The fourth-order valence-electron chi connectivity index (χ4n) is 3.34. The second-order valence-corrected chi connectivity index (χ2v) is 12.5.